The lowest BCUT2D eigenvalue weighted by molar-refractivity contribution is -0.140. The second kappa shape index (κ2) is 6.40. The van der Waals surface area contributed by atoms with Crippen molar-refractivity contribution in [3.05, 3.63) is 0 Å². The normalized spacial score (nSPS) is 14.7. The molecule has 0 saturated heterocycles. The Bertz CT molecular complexity index is 227. The number of methoxy groups -OCH3 is 1. The van der Waals surface area contributed by atoms with Gasteiger partial charge in [0.2, 0.25) is 5.91 Å². The number of amides is 1. The molecule has 1 fully saturated rings. The van der Waals surface area contributed by atoms with Crippen molar-refractivity contribution in [2.24, 2.45) is 0 Å². The van der Waals surface area contributed by atoms with Gasteiger partial charge < -0.3 is 15.4 Å². The minimum atomic E-state index is -0.236. The van der Waals surface area contributed by atoms with E-state index in [1.165, 1.54) is 20.0 Å². The minimum Gasteiger partial charge on any atom is -0.469 e. The van der Waals surface area contributed by atoms with Crippen molar-refractivity contribution in [3.8, 4) is 0 Å². The Labute approximate surface area is 89.6 Å². The highest BCUT2D eigenvalue weighted by Gasteiger charge is 2.20. The third kappa shape index (κ3) is 6.06. The van der Waals surface area contributed by atoms with Crippen LogP contribution in [0.3, 0.4) is 0 Å². The average Bonchev–Trinajstić information content (AvgIpc) is 3.04. The van der Waals surface area contributed by atoms with Crippen molar-refractivity contribution in [3.63, 3.8) is 0 Å². The Morgan fingerprint density at radius 2 is 2.13 bits per heavy atom. The molecule has 1 aliphatic rings. The van der Waals surface area contributed by atoms with Crippen molar-refractivity contribution in [1.29, 1.82) is 0 Å². The molecule has 2 N–H and O–H groups in total. The van der Waals surface area contributed by atoms with Gasteiger partial charge in [-0.25, -0.2) is 0 Å². The Morgan fingerprint density at radius 3 is 2.73 bits per heavy atom. The van der Waals surface area contributed by atoms with E-state index in [-0.39, 0.29) is 11.9 Å². The zero-order chi connectivity index (χ0) is 11.1. The van der Waals surface area contributed by atoms with Gasteiger partial charge in [-0.3, -0.25) is 9.59 Å². The molecule has 86 valence electrons. The van der Waals surface area contributed by atoms with Crippen molar-refractivity contribution < 1.29 is 14.3 Å². The summed E-state index contributed by atoms with van der Waals surface area (Å²) in [6.45, 7) is 0.906. The van der Waals surface area contributed by atoms with Gasteiger partial charge in [0.05, 0.1) is 13.7 Å². The van der Waals surface area contributed by atoms with E-state index in [0.717, 1.165) is 0 Å². The monoisotopic (exact) mass is 214 g/mol. The van der Waals surface area contributed by atoms with E-state index in [2.05, 4.69) is 15.4 Å². The van der Waals surface area contributed by atoms with E-state index < -0.39 is 0 Å². The Hall–Kier alpha value is -1.10. The van der Waals surface area contributed by atoms with E-state index in [9.17, 15) is 9.59 Å². The van der Waals surface area contributed by atoms with E-state index in [4.69, 9.17) is 0 Å². The van der Waals surface area contributed by atoms with Gasteiger partial charge in [-0.1, -0.05) is 0 Å². The first kappa shape index (κ1) is 12.0. The Balaban J connectivity index is 1.89. The van der Waals surface area contributed by atoms with Crippen LogP contribution in [0.1, 0.15) is 25.7 Å². The summed E-state index contributed by atoms with van der Waals surface area (Å²) in [7, 11) is 1.36. The van der Waals surface area contributed by atoms with Crippen LogP contribution in [-0.2, 0) is 14.3 Å². The predicted molar refractivity (Wildman–Crippen MR) is 55.3 cm³/mol. The van der Waals surface area contributed by atoms with E-state index >= 15 is 0 Å². The van der Waals surface area contributed by atoms with Crippen LogP contribution in [-0.4, -0.2) is 38.1 Å². The maximum Gasteiger partial charge on any atom is 0.305 e. The zero-order valence-electron chi connectivity index (χ0n) is 9.04. The molecular weight excluding hydrogens is 196 g/mol. The molecule has 5 heteroatoms. The maximum absolute atomic E-state index is 11.2. The van der Waals surface area contributed by atoms with Gasteiger partial charge in [0.25, 0.3) is 0 Å². The number of carbonyl (C=O) groups excluding carboxylic acids is 2. The summed E-state index contributed by atoms with van der Waals surface area (Å²) < 4.78 is 4.48. The molecule has 0 unspecified atom stereocenters. The fourth-order valence-electron chi connectivity index (χ4n) is 1.15. The quantitative estimate of drug-likeness (QED) is 0.455. The smallest absolute Gasteiger partial charge is 0.305 e. The molecule has 0 heterocycles. The van der Waals surface area contributed by atoms with E-state index in [0.29, 0.717) is 32.0 Å². The molecule has 0 aromatic carbocycles. The molecule has 5 nitrogen and oxygen atoms in total. The van der Waals surface area contributed by atoms with Crippen LogP contribution in [0.25, 0.3) is 0 Å². The molecule has 0 bridgehead atoms. The molecule has 0 radical (unpaired) electrons. The number of rotatable bonds is 7. The van der Waals surface area contributed by atoms with Crippen LogP contribution in [0.15, 0.2) is 0 Å². The fraction of sp³-hybridized carbons (Fsp3) is 0.800. The first-order chi connectivity index (χ1) is 7.22. The lowest BCUT2D eigenvalue weighted by atomic mass is 10.3. The Morgan fingerprint density at radius 1 is 1.40 bits per heavy atom. The average molecular weight is 214 g/mol. The number of nitrogens with one attached hydrogen (secondary N) is 2. The van der Waals surface area contributed by atoms with Crippen molar-refractivity contribution >= 4 is 11.9 Å². The summed E-state index contributed by atoms with van der Waals surface area (Å²) in [5.41, 5.74) is 0. The van der Waals surface area contributed by atoms with Gasteiger partial charge in [-0.15, -0.1) is 0 Å². The first-order valence-electron chi connectivity index (χ1n) is 5.29. The van der Waals surface area contributed by atoms with Crippen LogP contribution < -0.4 is 10.6 Å². The summed E-state index contributed by atoms with van der Waals surface area (Å²) in [5, 5.41) is 5.85. The van der Waals surface area contributed by atoms with Gasteiger partial charge in [0, 0.05) is 19.0 Å². The first-order valence-corrected chi connectivity index (χ1v) is 5.29. The van der Waals surface area contributed by atoms with Crippen molar-refractivity contribution in [2.75, 3.05) is 20.2 Å². The largest absolute Gasteiger partial charge is 0.469 e. The van der Waals surface area contributed by atoms with Gasteiger partial charge >= 0.3 is 5.97 Å². The fourth-order valence-corrected chi connectivity index (χ4v) is 1.15. The summed E-state index contributed by atoms with van der Waals surface area (Å²) in [5.74, 6) is -0.243. The highest BCUT2D eigenvalue weighted by atomic mass is 16.5. The molecule has 0 aliphatic heterocycles. The van der Waals surface area contributed by atoms with Gasteiger partial charge in [0.15, 0.2) is 0 Å². The highest BCUT2D eigenvalue weighted by molar-refractivity contribution is 5.78. The van der Waals surface area contributed by atoms with Crippen LogP contribution in [0.2, 0.25) is 0 Å². The summed E-state index contributed by atoms with van der Waals surface area (Å²) >= 11 is 0. The van der Waals surface area contributed by atoms with Crippen molar-refractivity contribution in [2.45, 2.75) is 31.7 Å². The number of ether oxygens (including phenoxy) is 1. The highest BCUT2D eigenvalue weighted by Crippen LogP contribution is 2.17. The number of esters is 1. The molecule has 0 spiro atoms. The van der Waals surface area contributed by atoms with Crippen LogP contribution in [0.5, 0.6) is 0 Å². The maximum atomic E-state index is 11.2. The second-order valence-electron chi connectivity index (χ2n) is 3.68. The van der Waals surface area contributed by atoms with Crippen molar-refractivity contribution in [1.82, 2.24) is 10.6 Å². The molecule has 1 rings (SSSR count). The summed E-state index contributed by atoms with van der Waals surface area (Å²) in [6, 6.07) is 0.547. The predicted octanol–water partition coefficient (Wildman–Crippen LogP) is -0.192. The Kier molecular flexibility index (Phi) is 5.10. The molecule has 0 atom stereocenters. The molecule has 1 saturated carbocycles. The third-order valence-corrected chi connectivity index (χ3v) is 2.24. The molecule has 15 heavy (non-hydrogen) atoms. The molecule has 0 aromatic heterocycles. The molecule has 0 aromatic rings. The minimum absolute atomic E-state index is 0.00762. The summed E-state index contributed by atoms with van der Waals surface area (Å²) in [6.07, 6.45) is 3.33. The molecule has 1 aliphatic carbocycles. The van der Waals surface area contributed by atoms with Crippen LogP contribution >= 0.6 is 0 Å². The number of hydrogen-bond donors (Lipinski definition) is 2. The lowest BCUT2D eigenvalue weighted by Gasteiger charge is -2.05. The van der Waals surface area contributed by atoms with E-state index in [1.54, 1.807) is 0 Å². The van der Waals surface area contributed by atoms with Gasteiger partial charge in [0.1, 0.15) is 0 Å². The zero-order valence-corrected chi connectivity index (χ0v) is 9.04. The summed E-state index contributed by atoms with van der Waals surface area (Å²) in [4.78, 5) is 21.9. The number of carbonyl (C=O) groups is 2. The van der Waals surface area contributed by atoms with Gasteiger partial charge in [-0.2, -0.15) is 0 Å². The molecule has 1 amide bonds. The molecular formula is C10H18N2O3. The SMILES string of the molecule is COC(=O)CCCNC(=O)CNC1CC1. The second-order valence-corrected chi connectivity index (χ2v) is 3.68. The van der Waals surface area contributed by atoms with Crippen LogP contribution in [0, 0.1) is 0 Å². The topological polar surface area (TPSA) is 67.4 Å². The lowest BCUT2D eigenvalue weighted by Crippen LogP contribution is -2.35. The number of hydrogen-bond acceptors (Lipinski definition) is 4. The standard InChI is InChI=1S/C10H18N2O3/c1-15-10(14)3-2-6-11-9(13)7-12-8-4-5-8/h8,12H,2-7H2,1H3,(H,11,13). The van der Waals surface area contributed by atoms with Crippen LogP contribution in [0.4, 0.5) is 0 Å². The van der Waals surface area contributed by atoms with Gasteiger partial charge in [-0.05, 0) is 19.3 Å². The third-order valence-electron chi connectivity index (χ3n) is 2.24. The van der Waals surface area contributed by atoms with E-state index in [1.807, 2.05) is 0 Å².